The Morgan fingerprint density at radius 3 is 1.60 bits per heavy atom. The SMILES string of the molecule is COC[Si](C)(C)OC[Si](OC)(OC)OC. The minimum atomic E-state index is -2.60. The predicted octanol–water partition coefficient (Wildman–Crippen LogP) is 0.811. The highest BCUT2D eigenvalue weighted by molar-refractivity contribution is 6.72. The minimum absolute atomic E-state index is 0.374. The molecule has 0 bridgehead atoms. The van der Waals surface area contributed by atoms with Crippen LogP contribution >= 0.6 is 0 Å². The molecule has 0 aliphatic carbocycles. The summed E-state index contributed by atoms with van der Waals surface area (Å²) in [6, 6.07) is 0. The number of hydrogen-bond acceptors (Lipinski definition) is 5. The van der Waals surface area contributed by atoms with E-state index in [9.17, 15) is 0 Å². The average Bonchev–Trinajstić information content (AvgIpc) is 2.21. The molecule has 7 heteroatoms. The van der Waals surface area contributed by atoms with E-state index in [0.29, 0.717) is 12.5 Å². The van der Waals surface area contributed by atoms with E-state index in [2.05, 4.69) is 13.1 Å². The van der Waals surface area contributed by atoms with Crippen LogP contribution in [0.25, 0.3) is 0 Å². The van der Waals surface area contributed by atoms with E-state index in [1.807, 2.05) is 0 Å². The summed E-state index contributed by atoms with van der Waals surface area (Å²) in [6.45, 7) is 4.16. The van der Waals surface area contributed by atoms with E-state index in [4.69, 9.17) is 22.4 Å². The van der Waals surface area contributed by atoms with Gasteiger partial charge in [-0.25, -0.2) is 0 Å². The van der Waals surface area contributed by atoms with Crippen molar-refractivity contribution < 1.29 is 22.4 Å². The van der Waals surface area contributed by atoms with Crippen molar-refractivity contribution in [3.63, 3.8) is 0 Å². The van der Waals surface area contributed by atoms with Gasteiger partial charge in [0.15, 0.2) is 0 Å². The van der Waals surface area contributed by atoms with Crippen LogP contribution in [0.4, 0.5) is 0 Å². The summed E-state index contributed by atoms with van der Waals surface area (Å²) in [7, 11) is 2.01. The third-order valence-electron chi connectivity index (χ3n) is 2.06. The topological polar surface area (TPSA) is 46.2 Å². The van der Waals surface area contributed by atoms with E-state index >= 15 is 0 Å². The van der Waals surface area contributed by atoms with Crippen LogP contribution < -0.4 is 0 Å². The minimum Gasteiger partial charge on any atom is -0.411 e. The molecule has 0 saturated carbocycles. The Hall–Kier alpha value is 0.234. The third kappa shape index (κ3) is 5.20. The Labute approximate surface area is 94.1 Å². The van der Waals surface area contributed by atoms with Crippen molar-refractivity contribution in [1.82, 2.24) is 0 Å². The second kappa shape index (κ2) is 6.74. The summed E-state index contributed by atoms with van der Waals surface area (Å²) in [5.41, 5.74) is 0. The third-order valence-corrected chi connectivity index (χ3v) is 6.63. The molecule has 0 N–H and O–H groups in total. The normalized spacial score (nSPS) is 13.2. The molecule has 0 aliphatic heterocycles. The van der Waals surface area contributed by atoms with Gasteiger partial charge in [0.1, 0.15) is 6.23 Å². The molecule has 0 aliphatic rings. The lowest BCUT2D eigenvalue weighted by atomic mass is 11.5. The van der Waals surface area contributed by atoms with Crippen molar-refractivity contribution in [2.24, 2.45) is 0 Å². The van der Waals surface area contributed by atoms with Crippen LogP contribution in [-0.4, -0.2) is 58.0 Å². The van der Waals surface area contributed by atoms with E-state index in [1.54, 1.807) is 28.4 Å². The molecule has 0 heterocycles. The van der Waals surface area contributed by atoms with Crippen LogP contribution in [0.2, 0.25) is 13.1 Å². The summed E-state index contributed by atoms with van der Waals surface area (Å²) in [5.74, 6) is 0. The quantitative estimate of drug-likeness (QED) is 0.600. The zero-order chi connectivity index (χ0) is 11.9. The van der Waals surface area contributed by atoms with Gasteiger partial charge in [0.25, 0.3) is 0 Å². The molecule has 0 rings (SSSR count). The maximum atomic E-state index is 5.81. The standard InChI is InChI=1S/C8H22O5Si2/c1-9-7-14(5,6)13-8-15(10-2,11-3)12-4/h7-8H2,1-6H3. The smallest absolute Gasteiger partial charge is 0.411 e. The summed E-state index contributed by atoms with van der Waals surface area (Å²) in [5, 5.41) is 0. The molecule has 0 unspecified atom stereocenters. The fourth-order valence-electron chi connectivity index (χ4n) is 1.10. The Bertz CT molecular complexity index is 164. The number of hydrogen-bond donors (Lipinski definition) is 0. The summed E-state index contributed by atoms with van der Waals surface area (Å²) in [6.07, 6.45) is 1.02. The van der Waals surface area contributed by atoms with Crippen LogP contribution in [0.5, 0.6) is 0 Å². The molecule has 5 nitrogen and oxygen atoms in total. The number of rotatable bonds is 8. The molecule has 0 saturated heterocycles. The van der Waals surface area contributed by atoms with Crippen LogP contribution in [0.15, 0.2) is 0 Å². The monoisotopic (exact) mass is 254 g/mol. The molecule has 0 fully saturated rings. The molecule has 0 aromatic heterocycles. The number of ether oxygens (including phenoxy) is 1. The molecular formula is C8H22O5Si2. The van der Waals surface area contributed by atoms with Crippen molar-refractivity contribution in [3.8, 4) is 0 Å². The lowest BCUT2D eigenvalue weighted by Gasteiger charge is -2.29. The first-order valence-corrected chi connectivity index (χ1v) is 9.78. The van der Waals surface area contributed by atoms with Gasteiger partial charge in [0.2, 0.25) is 8.32 Å². The summed E-state index contributed by atoms with van der Waals surface area (Å²) < 4.78 is 26.7. The van der Waals surface area contributed by atoms with Gasteiger partial charge in [-0.2, -0.15) is 0 Å². The fraction of sp³-hybridized carbons (Fsp3) is 1.00. The molecular weight excluding hydrogens is 232 g/mol. The van der Waals surface area contributed by atoms with E-state index in [0.717, 1.165) is 0 Å². The zero-order valence-electron chi connectivity index (χ0n) is 10.5. The van der Waals surface area contributed by atoms with E-state index < -0.39 is 17.1 Å². The van der Waals surface area contributed by atoms with Gasteiger partial charge in [0.05, 0.1) is 6.23 Å². The van der Waals surface area contributed by atoms with Crippen LogP contribution in [0.3, 0.4) is 0 Å². The lowest BCUT2D eigenvalue weighted by molar-refractivity contribution is 0.0959. The van der Waals surface area contributed by atoms with Crippen molar-refractivity contribution >= 4 is 17.1 Å². The number of methoxy groups -OCH3 is 1. The van der Waals surface area contributed by atoms with Gasteiger partial charge in [-0.1, -0.05) is 0 Å². The molecule has 0 aromatic carbocycles. The molecule has 92 valence electrons. The lowest BCUT2D eigenvalue weighted by Crippen LogP contribution is -2.52. The van der Waals surface area contributed by atoms with Crippen LogP contribution in [0, 0.1) is 0 Å². The molecule has 0 atom stereocenters. The van der Waals surface area contributed by atoms with Gasteiger partial charge >= 0.3 is 8.80 Å². The highest BCUT2D eigenvalue weighted by Crippen LogP contribution is 2.11. The van der Waals surface area contributed by atoms with Gasteiger partial charge in [-0.15, -0.1) is 0 Å². The second-order valence-electron chi connectivity index (χ2n) is 3.78. The Kier molecular flexibility index (Phi) is 6.84. The zero-order valence-corrected chi connectivity index (χ0v) is 12.5. The first-order chi connectivity index (χ1) is 6.95. The van der Waals surface area contributed by atoms with Crippen molar-refractivity contribution in [3.05, 3.63) is 0 Å². The fourth-order valence-corrected chi connectivity index (χ4v) is 5.00. The maximum absolute atomic E-state index is 5.81. The molecule has 0 amide bonds. The Morgan fingerprint density at radius 2 is 1.27 bits per heavy atom. The highest BCUT2D eigenvalue weighted by atomic mass is 28.4. The first kappa shape index (κ1) is 15.2. The van der Waals surface area contributed by atoms with E-state index in [-0.39, 0.29) is 0 Å². The van der Waals surface area contributed by atoms with Gasteiger partial charge in [-0.05, 0) is 13.1 Å². The van der Waals surface area contributed by atoms with Gasteiger partial charge < -0.3 is 22.4 Å². The average molecular weight is 254 g/mol. The van der Waals surface area contributed by atoms with Gasteiger partial charge in [0, 0.05) is 28.4 Å². The first-order valence-electron chi connectivity index (χ1n) is 4.73. The molecule has 0 aromatic rings. The van der Waals surface area contributed by atoms with Crippen molar-refractivity contribution in [2.45, 2.75) is 13.1 Å². The Morgan fingerprint density at radius 1 is 0.800 bits per heavy atom. The summed E-state index contributed by atoms with van der Waals surface area (Å²) in [4.78, 5) is 0. The largest absolute Gasteiger partial charge is 0.525 e. The van der Waals surface area contributed by atoms with Crippen molar-refractivity contribution in [2.75, 3.05) is 40.9 Å². The second-order valence-corrected chi connectivity index (χ2v) is 10.8. The van der Waals surface area contributed by atoms with Gasteiger partial charge in [-0.3, -0.25) is 0 Å². The van der Waals surface area contributed by atoms with Crippen molar-refractivity contribution in [1.29, 1.82) is 0 Å². The predicted molar refractivity (Wildman–Crippen MR) is 62.1 cm³/mol. The molecule has 0 radical (unpaired) electrons. The Balaban J connectivity index is 4.20. The van der Waals surface area contributed by atoms with Crippen LogP contribution in [0.1, 0.15) is 0 Å². The molecule has 15 heavy (non-hydrogen) atoms. The highest BCUT2D eigenvalue weighted by Gasteiger charge is 2.40. The molecule has 0 spiro atoms. The maximum Gasteiger partial charge on any atom is 0.525 e. The summed E-state index contributed by atoms with van der Waals surface area (Å²) >= 11 is 0. The van der Waals surface area contributed by atoms with E-state index in [1.165, 1.54) is 0 Å². The van der Waals surface area contributed by atoms with Crippen LogP contribution in [-0.2, 0) is 22.4 Å².